The number of hydrogen-bond acceptors (Lipinski definition) is 7. The highest BCUT2D eigenvalue weighted by Crippen LogP contribution is 2.39. The first-order valence-corrected chi connectivity index (χ1v) is 16.3. The van der Waals surface area contributed by atoms with Crippen LogP contribution in [0.15, 0.2) is 126 Å². The number of fused-ring (bicyclic) bond motifs is 3. The molecule has 246 valence electrons. The van der Waals surface area contributed by atoms with Crippen LogP contribution in [0.3, 0.4) is 0 Å². The smallest absolute Gasteiger partial charge is 0.272 e. The zero-order valence-electron chi connectivity index (χ0n) is 27.1. The topological polar surface area (TPSA) is 108 Å². The summed E-state index contributed by atoms with van der Waals surface area (Å²) in [7, 11) is 4.50. The van der Waals surface area contributed by atoms with E-state index in [0.29, 0.717) is 34.1 Å². The zero-order chi connectivity index (χ0) is 34.3. The molecule has 0 bridgehead atoms. The van der Waals surface area contributed by atoms with Gasteiger partial charge in [0.25, 0.3) is 11.8 Å². The number of rotatable bonds is 11. The van der Waals surface area contributed by atoms with Crippen LogP contribution < -0.4 is 24.8 Å². The molecular formula is C39H33N3O6S. The molecule has 2 N–H and O–H groups in total. The van der Waals surface area contributed by atoms with Crippen LogP contribution >= 0.6 is 11.8 Å². The Morgan fingerprint density at radius 1 is 0.714 bits per heavy atom. The van der Waals surface area contributed by atoms with Gasteiger partial charge in [-0.3, -0.25) is 19.0 Å². The van der Waals surface area contributed by atoms with Gasteiger partial charge in [-0.2, -0.15) is 0 Å². The van der Waals surface area contributed by atoms with Crippen LogP contribution in [0.5, 0.6) is 17.2 Å². The number of anilines is 1. The van der Waals surface area contributed by atoms with Crippen molar-refractivity contribution in [3.05, 3.63) is 132 Å². The monoisotopic (exact) mass is 671 g/mol. The summed E-state index contributed by atoms with van der Waals surface area (Å²) in [4.78, 5) is 41.3. The Balaban J connectivity index is 1.24. The molecule has 5 aromatic carbocycles. The summed E-state index contributed by atoms with van der Waals surface area (Å²) < 4.78 is 18.1. The summed E-state index contributed by atoms with van der Waals surface area (Å²) in [5.41, 5.74) is 3.11. The quantitative estimate of drug-likeness (QED) is 0.108. The number of aromatic nitrogens is 1. The van der Waals surface area contributed by atoms with Gasteiger partial charge in [0, 0.05) is 26.9 Å². The van der Waals surface area contributed by atoms with Crippen molar-refractivity contribution in [2.75, 3.05) is 32.4 Å². The van der Waals surface area contributed by atoms with E-state index in [0.717, 1.165) is 26.7 Å². The Morgan fingerprint density at radius 2 is 1.33 bits per heavy atom. The Morgan fingerprint density at radius 3 is 1.94 bits per heavy atom. The SMILES string of the molecule is COc1cc(/C=C(/NC(=O)c2ccccc2)C(=O)Nc2cccc(SCC(=O)n3c4ccccc4c4ccccc43)c2)cc(OC)c1OC. The van der Waals surface area contributed by atoms with E-state index in [1.165, 1.54) is 39.2 Å². The number of thioether (sulfide) groups is 1. The molecule has 10 heteroatoms. The van der Waals surface area contributed by atoms with E-state index < -0.39 is 11.8 Å². The molecule has 6 aromatic rings. The summed E-state index contributed by atoms with van der Waals surface area (Å²) in [6.07, 6.45) is 1.53. The predicted octanol–water partition coefficient (Wildman–Crippen LogP) is 7.66. The fourth-order valence-corrected chi connectivity index (χ4v) is 6.36. The molecule has 1 heterocycles. The Bertz CT molecular complexity index is 2130. The van der Waals surface area contributed by atoms with E-state index in [1.54, 1.807) is 65.2 Å². The lowest BCUT2D eigenvalue weighted by molar-refractivity contribution is -0.113. The molecule has 0 aliphatic carbocycles. The normalized spacial score (nSPS) is 11.3. The standard InChI is InChI=1S/C39H33N3O6S/c1-46-34-21-25(22-35(47-2)37(34)48-3)20-31(41-38(44)26-12-5-4-6-13-26)39(45)40-27-14-11-15-28(23-27)49-24-36(43)42-32-18-9-7-16-29(32)30-17-8-10-19-33(30)42/h4-23H,24H2,1-3H3,(H,40,45)(H,41,44)/b31-20+. The molecule has 0 aliphatic heterocycles. The van der Waals surface area contributed by atoms with Crippen LogP contribution in [0.4, 0.5) is 5.69 Å². The van der Waals surface area contributed by atoms with Crippen molar-refractivity contribution in [3.8, 4) is 17.2 Å². The van der Waals surface area contributed by atoms with Crippen molar-refractivity contribution in [3.63, 3.8) is 0 Å². The molecule has 6 rings (SSSR count). The number of nitrogens with one attached hydrogen (secondary N) is 2. The minimum absolute atomic E-state index is 0.0114. The van der Waals surface area contributed by atoms with Crippen molar-refractivity contribution < 1.29 is 28.6 Å². The Hall–Kier alpha value is -6.00. The fourth-order valence-electron chi connectivity index (χ4n) is 5.56. The minimum Gasteiger partial charge on any atom is -0.493 e. The number of amides is 2. The van der Waals surface area contributed by atoms with E-state index in [-0.39, 0.29) is 17.4 Å². The van der Waals surface area contributed by atoms with Gasteiger partial charge >= 0.3 is 0 Å². The highest BCUT2D eigenvalue weighted by molar-refractivity contribution is 8.00. The predicted molar refractivity (Wildman–Crippen MR) is 194 cm³/mol. The number of carbonyl (C=O) groups excluding carboxylic acids is 3. The second-order valence-corrected chi connectivity index (χ2v) is 11.9. The van der Waals surface area contributed by atoms with Crippen molar-refractivity contribution in [1.82, 2.24) is 9.88 Å². The van der Waals surface area contributed by atoms with E-state index >= 15 is 0 Å². The third kappa shape index (κ3) is 7.14. The van der Waals surface area contributed by atoms with Crippen LogP contribution in [-0.2, 0) is 4.79 Å². The van der Waals surface area contributed by atoms with Crippen LogP contribution in [-0.4, -0.2) is 49.4 Å². The number of nitrogens with zero attached hydrogens (tertiary/aromatic N) is 1. The van der Waals surface area contributed by atoms with Gasteiger partial charge in [0.05, 0.1) is 38.1 Å². The number of ether oxygens (including phenoxy) is 3. The third-order valence-corrected chi connectivity index (χ3v) is 8.79. The first-order valence-electron chi connectivity index (χ1n) is 15.3. The van der Waals surface area contributed by atoms with E-state index in [4.69, 9.17) is 14.2 Å². The maximum Gasteiger partial charge on any atom is 0.272 e. The second-order valence-electron chi connectivity index (χ2n) is 10.9. The molecule has 0 spiro atoms. The van der Waals surface area contributed by atoms with Gasteiger partial charge < -0.3 is 24.8 Å². The molecule has 0 unspecified atom stereocenters. The first-order chi connectivity index (χ1) is 23.9. The molecule has 0 aliphatic rings. The zero-order valence-corrected chi connectivity index (χ0v) is 27.9. The molecule has 1 aromatic heterocycles. The first kappa shape index (κ1) is 32.9. The Kier molecular flexibility index (Phi) is 9.96. The molecule has 49 heavy (non-hydrogen) atoms. The summed E-state index contributed by atoms with van der Waals surface area (Å²) in [5.74, 6) is 0.289. The summed E-state index contributed by atoms with van der Waals surface area (Å²) in [6.45, 7) is 0. The molecule has 0 saturated heterocycles. The van der Waals surface area contributed by atoms with Crippen molar-refractivity contribution in [2.45, 2.75) is 4.90 Å². The third-order valence-electron chi connectivity index (χ3n) is 7.81. The van der Waals surface area contributed by atoms with Gasteiger partial charge in [0.1, 0.15) is 5.70 Å². The molecule has 9 nitrogen and oxygen atoms in total. The van der Waals surface area contributed by atoms with Gasteiger partial charge in [-0.1, -0.05) is 60.7 Å². The van der Waals surface area contributed by atoms with Gasteiger partial charge in [0.2, 0.25) is 11.7 Å². The molecule has 0 radical (unpaired) electrons. The lowest BCUT2D eigenvalue weighted by Gasteiger charge is -2.15. The van der Waals surface area contributed by atoms with Crippen LogP contribution in [0.1, 0.15) is 20.7 Å². The lowest BCUT2D eigenvalue weighted by atomic mass is 10.1. The summed E-state index contributed by atoms with van der Waals surface area (Å²) in [6, 6.07) is 34.9. The van der Waals surface area contributed by atoms with Crippen molar-refractivity contribution in [2.24, 2.45) is 0 Å². The number of para-hydroxylation sites is 2. The average molecular weight is 672 g/mol. The van der Waals surface area contributed by atoms with Crippen LogP contribution in [0.2, 0.25) is 0 Å². The number of benzene rings is 5. The highest BCUT2D eigenvalue weighted by atomic mass is 32.2. The second kappa shape index (κ2) is 14.8. The number of hydrogen-bond donors (Lipinski definition) is 2. The number of methoxy groups -OCH3 is 3. The molecular weight excluding hydrogens is 639 g/mol. The Labute approximate surface area is 287 Å². The van der Waals surface area contributed by atoms with E-state index in [9.17, 15) is 14.4 Å². The summed E-state index contributed by atoms with van der Waals surface area (Å²) in [5, 5.41) is 7.69. The van der Waals surface area contributed by atoms with E-state index in [2.05, 4.69) is 10.6 Å². The number of carbonyl (C=O) groups is 3. The highest BCUT2D eigenvalue weighted by Gasteiger charge is 2.19. The summed E-state index contributed by atoms with van der Waals surface area (Å²) >= 11 is 1.37. The van der Waals surface area contributed by atoms with Crippen LogP contribution in [0, 0.1) is 0 Å². The van der Waals surface area contributed by atoms with Crippen molar-refractivity contribution >= 4 is 63.1 Å². The molecule has 2 amide bonds. The molecule has 0 fully saturated rings. The van der Waals surface area contributed by atoms with E-state index in [1.807, 2.05) is 54.6 Å². The lowest BCUT2D eigenvalue weighted by Crippen LogP contribution is -2.30. The van der Waals surface area contributed by atoms with Gasteiger partial charge in [0.15, 0.2) is 11.5 Å². The molecule has 0 atom stereocenters. The van der Waals surface area contributed by atoms with Gasteiger partial charge in [-0.15, -0.1) is 11.8 Å². The van der Waals surface area contributed by atoms with Crippen molar-refractivity contribution in [1.29, 1.82) is 0 Å². The minimum atomic E-state index is -0.554. The largest absolute Gasteiger partial charge is 0.493 e. The average Bonchev–Trinajstić information content (AvgIpc) is 3.48. The van der Waals surface area contributed by atoms with Gasteiger partial charge in [-0.25, -0.2) is 0 Å². The maximum atomic E-state index is 13.8. The van der Waals surface area contributed by atoms with Gasteiger partial charge in [-0.05, 0) is 66.2 Å². The maximum absolute atomic E-state index is 13.8. The molecule has 0 saturated carbocycles. The van der Waals surface area contributed by atoms with Crippen LogP contribution in [0.25, 0.3) is 27.9 Å². The fraction of sp³-hybridized carbons (Fsp3) is 0.103.